The van der Waals surface area contributed by atoms with E-state index in [-0.39, 0.29) is 36.3 Å². The molecule has 2 fully saturated rings. The van der Waals surface area contributed by atoms with Gasteiger partial charge >= 0.3 is 0 Å². The third kappa shape index (κ3) is 2.27. The first-order chi connectivity index (χ1) is 7.42. The van der Waals surface area contributed by atoms with Crippen molar-refractivity contribution in [2.24, 2.45) is 17.8 Å². The van der Waals surface area contributed by atoms with Crippen molar-refractivity contribution in [2.75, 3.05) is 6.61 Å². The zero-order valence-electron chi connectivity index (χ0n) is 10.5. The van der Waals surface area contributed by atoms with E-state index in [1.165, 1.54) is 0 Å². The number of ether oxygens (including phenoxy) is 1. The van der Waals surface area contributed by atoms with Crippen LogP contribution in [0, 0.1) is 17.8 Å². The van der Waals surface area contributed by atoms with E-state index < -0.39 is 0 Å². The zero-order valence-corrected chi connectivity index (χ0v) is 10.5. The number of hydrogen-bond donors (Lipinski definition) is 2. The van der Waals surface area contributed by atoms with Crippen LogP contribution >= 0.6 is 0 Å². The molecule has 2 rings (SSSR count). The number of rotatable bonds is 2. The molecule has 0 heterocycles. The molecule has 94 valence electrons. The summed E-state index contributed by atoms with van der Waals surface area (Å²) in [6.07, 6.45) is 2.81. The second-order valence-electron chi connectivity index (χ2n) is 6.36. The van der Waals surface area contributed by atoms with E-state index in [1.807, 2.05) is 20.8 Å². The molecular weight excluding hydrogens is 204 g/mol. The lowest BCUT2D eigenvalue weighted by atomic mass is 9.95. The van der Waals surface area contributed by atoms with Gasteiger partial charge in [0.2, 0.25) is 0 Å². The molecule has 2 N–H and O–H groups in total. The Hall–Kier alpha value is -0.120. The highest BCUT2D eigenvalue weighted by Crippen LogP contribution is 2.49. The molecule has 0 spiro atoms. The van der Waals surface area contributed by atoms with E-state index in [4.69, 9.17) is 4.74 Å². The van der Waals surface area contributed by atoms with E-state index in [9.17, 15) is 10.2 Å². The maximum Gasteiger partial charge on any atom is 0.0687 e. The third-order valence-electron chi connectivity index (χ3n) is 4.00. The van der Waals surface area contributed by atoms with Crippen molar-refractivity contribution in [3.8, 4) is 0 Å². The first kappa shape index (κ1) is 12.3. The SMILES string of the molecule is CC(C)(C)O[C@H]1[C@H](CO)C[C@@H]2CC[C@H](O)[C@@H]21. The summed E-state index contributed by atoms with van der Waals surface area (Å²) in [5, 5.41) is 19.4. The normalized spacial score (nSPS) is 43.7. The Morgan fingerprint density at radius 3 is 2.50 bits per heavy atom. The molecule has 0 aliphatic heterocycles. The molecule has 2 aliphatic rings. The van der Waals surface area contributed by atoms with Crippen LogP contribution in [-0.4, -0.2) is 34.6 Å². The fourth-order valence-electron chi connectivity index (χ4n) is 3.44. The van der Waals surface area contributed by atoms with Gasteiger partial charge in [-0.15, -0.1) is 0 Å². The van der Waals surface area contributed by atoms with Crippen molar-refractivity contribution in [3.05, 3.63) is 0 Å². The fraction of sp³-hybridized carbons (Fsp3) is 1.00. The summed E-state index contributed by atoms with van der Waals surface area (Å²) in [6.45, 7) is 6.29. The lowest BCUT2D eigenvalue weighted by Gasteiger charge is -2.32. The molecule has 0 bridgehead atoms. The van der Waals surface area contributed by atoms with Gasteiger partial charge < -0.3 is 14.9 Å². The minimum absolute atomic E-state index is 0.0347. The van der Waals surface area contributed by atoms with Gasteiger partial charge in [0, 0.05) is 18.4 Å². The van der Waals surface area contributed by atoms with Crippen LogP contribution in [0.3, 0.4) is 0 Å². The molecule has 2 saturated carbocycles. The van der Waals surface area contributed by atoms with E-state index in [0.717, 1.165) is 19.3 Å². The van der Waals surface area contributed by atoms with Crippen LogP contribution < -0.4 is 0 Å². The Morgan fingerprint density at radius 2 is 1.94 bits per heavy atom. The number of aliphatic hydroxyl groups is 2. The molecule has 0 aromatic heterocycles. The molecule has 2 aliphatic carbocycles. The molecule has 0 radical (unpaired) electrons. The third-order valence-corrected chi connectivity index (χ3v) is 4.00. The van der Waals surface area contributed by atoms with Crippen LogP contribution in [-0.2, 0) is 4.74 Å². The number of aliphatic hydroxyl groups excluding tert-OH is 2. The largest absolute Gasteiger partial charge is 0.396 e. The van der Waals surface area contributed by atoms with Crippen LogP contribution in [0.25, 0.3) is 0 Å². The summed E-state index contributed by atoms with van der Waals surface area (Å²) in [7, 11) is 0. The number of fused-ring (bicyclic) bond motifs is 1. The second kappa shape index (κ2) is 4.28. The van der Waals surface area contributed by atoms with Gasteiger partial charge in [0.1, 0.15) is 0 Å². The second-order valence-corrected chi connectivity index (χ2v) is 6.36. The first-order valence-corrected chi connectivity index (χ1v) is 6.39. The van der Waals surface area contributed by atoms with Crippen molar-refractivity contribution in [2.45, 2.75) is 57.8 Å². The van der Waals surface area contributed by atoms with Crippen molar-refractivity contribution in [1.82, 2.24) is 0 Å². The van der Waals surface area contributed by atoms with Gasteiger partial charge in [-0.25, -0.2) is 0 Å². The van der Waals surface area contributed by atoms with Gasteiger partial charge in [0.15, 0.2) is 0 Å². The summed E-state index contributed by atoms with van der Waals surface area (Å²) in [6, 6.07) is 0. The van der Waals surface area contributed by atoms with Crippen molar-refractivity contribution < 1.29 is 14.9 Å². The van der Waals surface area contributed by atoms with Gasteiger partial charge in [-0.05, 0) is 46.0 Å². The topological polar surface area (TPSA) is 49.7 Å². The van der Waals surface area contributed by atoms with Crippen molar-refractivity contribution in [1.29, 1.82) is 0 Å². The van der Waals surface area contributed by atoms with Gasteiger partial charge in [-0.1, -0.05) is 0 Å². The summed E-state index contributed by atoms with van der Waals surface area (Å²) in [5.74, 6) is 1.01. The van der Waals surface area contributed by atoms with E-state index >= 15 is 0 Å². The van der Waals surface area contributed by atoms with E-state index in [2.05, 4.69) is 0 Å². The highest BCUT2D eigenvalue weighted by molar-refractivity contribution is 5.00. The lowest BCUT2D eigenvalue weighted by Crippen LogP contribution is -2.38. The Balaban J connectivity index is 2.11. The average molecular weight is 228 g/mol. The lowest BCUT2D eigenvalue weighted by molar-refractivity contribution is -0.116. The van der Waals surface area contributed by atoms with Crippen LogP contribution in [0.2, 0.25) is 0 Å². The zero-order chi connectivity index (χ0) is 11.9. The highest BCUT2D eigenvalue weighted by atomic mass is 16.5. The Morgan fingerprint density at radius 1 is 1.25 bits per heavy atom. The maximum absolute atomic E-state index is 10.0. The molecule has 0 aromatic rings. The Bertz CT molecular complexity index is 246. The monoisotopic (exact) mass is 228 g/mol. The molecule has 0 amide bonds. The first-order valence-electron chi connectivity index (χ1n) is 6.39. The van der Waals surface area contributed by atoms with Gasteiger partial charge in [0.05, 0.1) is 17.8 Å². The summed E-state index contributed by atoms with van der Waals surface area (Å²) in [4.78, 5) is 0. The summed E-state index contributed by atoms with van der Waals surface area (Å²) < 4.78 is 6.07. The molecule has 3 nitrogen and oxygen atoms in total. The average Bonchev–Trinajstić information content (AvgIpc) is 2.66. The quantitative estimate of drug-likeness (QED) is 0.754. The van der Waals surface area contributed by atoms with E-state index in [0.29, 0.717) is 5.92 Å². The minimum Gasteiger partial charge on any atom is -0.396 e. The molecular formula is C13H24O3. The Labute approximate surface area is 97.8 Å². The maximum atomic E-state index is 10.0. The predicted octanol–water partition coefficient (Wildman–Crippen LogP) is 1.57. The van der Waals surface area contributed by atoms with Gasteiger partial charge in [-0.2, -0.15) is 0 Å². The number of hydrogen-bond acceptors (Lipinski definition) is 3. The van der Waals surface area contributed by atoms with Crippen molar-refractivity contribution >= 4 is 0 Å². The van der Waals surface area contributed by atoms with Crippen molar-refractivity contribution in [3.63, 3.8) is 0 Å². The summed E-state index contributed by atoms with van der Waals surface area (Å²) in [5.41, 5.74) is -0.199. The molecule has 0 saturated heterocycles. The molecule has 0 unspecified atom stereocenters. The standard InChI is InChI=1S/C13H24O3/c1-13(2,3)16-12-9(7-14)6-8-4-5-10(15)11(8)12/h8-12,14-15H,4-7H2,1-3H3/t8-,9-,10-,11+,12-/m0/s1. The molecule has 3 heteroatoms. The minimum atomic E-state index is -0.228. The van der Waals surface area contributed by atoms with Gasteiger partial charge in [0.25, 0.3) is 0 Å². The van der Waals surface area contributed by atoms with Crippen LogP contribution in [0.1, 0.15) is 40.0 Å². The smallest absolute Gasteiger partial charge is 0.0687 e. The van der Waals surface area contributed by atoms with Gasteiger partial charge in [-0.3, -0.25) is 0 Å². The molecule has 16 heavy (non-hydrogen) atoms. The fourth-order valence-corrected chi connectivity index (χ4v) is 3.44. The highest BCUT2D eigenvalue weighted by Gasteiger charge is 2.51. The van der Waals surface area contributed by atoms with Crippen LogP contribution in [0.4, 0.5) is 0 Å². The van der Waals surface area contributed by atoms with Crippen LogP contribution in [0.15, 0.2) is 0 Å². The summed E-state index contributed by atoms with van der Waals surface area (Å²) >= 11 is 0. The van der Waals surface area contributed by atoms with Crippen LogP contribution in [0.5, 0.6) is 0 Å². The Kier molecular flexibility index (Phi) is 3.30. The molecule has 5 atom stereocenters. The van der Waals surface area contributed by atoms with E-state index in [1.54, 1.807) is 0 Å². The molecule has 0 aromatic carbocycles. The predicted molar refractivity (Wildman–Crippen MR) is 62.0 cm³/mol.